The van der Waals surface area contributed by atoms with Gasteiger partial charge in [0, 0.05) is 24.0 Å². The molecule has 0 spiro atoms. The van der Waals surface area contributed by atoms with Crippen molar-refractivity contribution in [2.75, 3.05) is 16.0 Å². The molecule has 0 radical (unpaired) electrons. The summed E-state index contributed by atoms with van der Waals surface area (Å²) in [5, 5.41) is 8.40. The Bertz CT molecular complexity index is 890. The molecule has 0 bridgehead atoms. The van der Waals surface area contributed by atoms with Gasteiger partial charge >= 0.3 is 0 Å². The zero-order chi connectivity index (χ0) is 19.6. The minimum absolute atomic E-state index is 0.122. The first-order valence-corrected chi connectivity index (χ1v) is 8.90. The van der Waals surface area contributed by atoms with Gasteiger partial charge in [-0.2, -0.15) is 0 Å². The molecule has 0 saturated heterocycles. The Hall–Kier alpha value is -3.15. The molecule has 2 aromatic rings. The first-order chi connectivity index (χ1) is 12.8. The minimum atomic E-state index is -0.314. The Morgan fingerprint density at radius 2 is 1.37 bits per heavy atom. The lowest BCUT2D eigenvalue weighted by atomic mass is 10.1. The number of anilines is 3. The SMILES string of the molecule is CC(=O)Nc1ccc(NC(=O)C2CC2C(=O)Nc2ccc(C)cc2C)cc1. The van der Waals surface area contributed by atoms with Crippen LogP contribution in [0.3, 0.4) is 0 Å². The molecule has 6 nitrogen and oxygen atoms in total. The Labute approximate surface area is 158 Å². The zero-order valence-corrected chi connectivity index (χ0v) is 15.6. The van der Waals surface area contributed by atoms with Crippen LogP contribution in [0.5, 0.6) is 0 Å². The summed E-state index contributed by atoms with van der Waals surface area (Å²) in [6.45, 7) is 5.39. The highest BCUT2D eigenvalue weighted by Crippen LogP contribution is 2.40. The van der Waals surface area contributed by atoms with E-state index < -0.39 is 0 Å². The molecule has 0 heterocycles. The summed E-state index contributed by atoms with van der Waals surface area (Å²) in [5.74, 6) is -1.05. The van der Waals surface area contributed by atoms with Crippen molar-refractivity contribution in [3.63, 3.8) is 0 Å². The summed E-state index contributed by atoms with van der Waals surface area (Å²) in [7, 11) is 0. The Morgan fingerprint density at radius 3 is 1.93 bits per heavy atom. The quantitative estimate of drug-likeness (QED) is 0.758. The van der Waals surface area contributed by atoms with Crippen molar-refractivity contribution >= 4 is 34.8 Å². The van der Waals surface area contributed by atoms with Crippen molar-refractivity contribution in [2.24, 2.45) is 11.8 Å². The molecule has 3 rings (SSSR count). The molecule has 1 saturated carbocycles. The fourth-order valence-electron chi connectivity index (χ4n) is 3.03. The first kappa shape index (κ1) is 18.6. The average molecular weight is 365 g/mol. The number of amides is 3. The van der Waals surface area contributed by atoms with E-state index in [2.05, 4.69) is 16.0 Å². The molecule has 2 unspecified atom stereocenters. The second-order valence-electron chi connectivity index (χ2n) is 7.00. The van der Waals surface area contributed by atoms with Gasteiger partial charge in [0.25, 0.3) is 0 Å². The van der Waals surface area contributed by atoms with E-state index in [1.54, 1.807) is 24.3 Å². The van der Waals surface area contributed by atoms with Gasteiger partial charge in [0.1, 0.15) is 0 Å². The lowest BCUT2D eigenvalue weighted by molar-refractivity contribution is -0.122. The third-order valence-electron chi connectivity index (χ3n) is 4.58. The summed E-state index contributed by atoms with van der Waals surface area (Å²) in [6, 6.07) is 12.7. The van der Waals surface area contributed by atoms with Crippen LogP contribution in [0.2, 0.25) is 0 Å². The van der Waals surface area contributed by atoms with E-state index in [0.29, 0.717) is 17.8 Å². The summed E-state index contributed by atoms with van der Waals surface area (Å²) in [4.78, 5) is 35.8. The summed E-state index contributed by atoms with van der Waals surface area (Å²) in [6.07, 6.45) is 0.548. The van der Waals surface area contributed by atoms with Crippen LogP contribution in [0.25, 0.3) is 0 Å². The number of benzene rings is 2. The van der Waals surface area contributed by atoms with E-state index in [9.17, 15) is 14.4 Å². The van der Waals surface area contributed by atoms with E-state index in [0.717, 1.165) is 16.8 Å². The normalized spacial score (nSPS) is 17.7. The highest BCUT2D eigenvalue weighted by molar-refractivity contribution is 6.03. The number of carbonyl (C=O) groups excluding carboxylic acids is 3. The van der Waals surface area contributed by atoms with Crippen LogP contribution in [0, 0.1) is 25.7 Å². The van der Waals surface area contributed by atoms with Crippen LogP contribution >= 0.6 is 0 Å². The third-order valence-corrected chi connectivity index (χ3v) is 4.58. The van der Waals surface area contributed by atoms with Crippen molar-refractivity contribution in [3.05, 3.63) is 53.6 Å². The molecule has 0 aliphatic heterocycles. The van der Waals surface area contributed by atoms with Crippen molar-refractivity contribution < 1.29 is 14.4 Å². The maximum atomic E-state index is 12.4. The zero-order valence-electron chi connectivity index (χ0n) is 15.6. The molecule has 1 aliphatic rings. The molecule has 3 N–H and O–H groups in total. The fraction of sp³-hybridized carbons (Fsp3) is 0.286. The highest BCUT2D eigenvalue weighted by atomic mass is 16.2. The Balaban J connectivity index is 1.53. The van der Waals surface area contributed by atoms with Crippen molar-refractivity contribution in [2.45, 2.75) is 27.2 Å². The molecule has 6 heteroatoms. The standard InChI is InChI=1S/C21H23N3O3/c1-12-4-9-19(13(2)10-12)24-21(27)18-11-17(18)20(26)23-16-7-5-15(6-8-16)22-14(3)25/h4-10,17-18H,11H2,1-3H3,(H,22,25)(H,23,26)(H,24,27). The number of nitrogens with one attached hydrogen (secondary N) is 3. The Morgan fingerprint density at radius 1 is 0.815 bits per heavy atom. The molecule has 3 amide bonds. The second-order valence-corrected chi connectivity index (χ2v) is 7.00. The minimum Gasteiger partial charge on any atom is -0.326 e. The van der Waals surface area contributed by atoms with Crippen LogP contribution in [-0.4, -0.2) is 17.7 Å². The van der Waals surface area contributed by atoms with Crippen molar-refractivity contribution in [1.82, 2.24) is 0 Å². The second kappa shape index (κ2) is 7.61. The van der Waals surface area contributed by atoms with E-state index >= 15 is 0 Å². The van der Waals surface area contributed by atoms with Gasteiger partial charge in [-0.15, -0.1) is 0 Å². The summed E-state index contributed by atoms with van der Waals surface area (Å²) >= 11 is 0. The van der Waals surface area contributed by atoms with E-state index in [4.69, 9.17) is 0 Å². The topological polar surface area (TPSA) is 87.3 Å². The van der Waals surface area contributed by atoms with Gasteiger partial charge in [0.2, 0.25) is 17.7 Å². The molecule has 1 fully saturated rings. The van der Waals surface area contributed by atoms with Crippen LogP contribution < -0.4 is 16.0 Å². The highest BCUT2D eigenvalue weighted by Gasteiger charge is 2.48. The maximum Gasteiger partial charge on any atom is 0.228 e. The molecule has 27 heavy (non-hydrogen) atoms. The van der Waals surface area contributed by atoms with E-state index in [1.807, 2.05) is 32.0 Å². The molecule has 1 aliphatic carbocycles. The predicted octanol–water partition coefficient (Wildman–Crippen LogP) is 3.48. The number of rotatable bonds is 5. The Kier molecular flexibility index (Phi) is 5.26. The van der Waals surface area contributed by atoms with E-state index in [-0.39, 0.29) is 29.6 Å². The van der Waals surface area contributed by atoms with Gasteiger partial charge in [-0.3, -0.25) is 14.4 Å². The average Bonchev–Trinajstić information content (AvgIpc) is 3.39. The largest absolute Gasteiger partial charge is 0.326 e. The van der Waals surface area contributed by atoms with Gasteiger partial charge < -0.3 is 16.0 Å². The third kappa shape index (κ3) is 4.73. The molecule has 2 aromatic carbocycles. The summed E-state index contributed by atoms with van der Waals surface area (Å²) < 4.78 is 0. The van der Waals surface area contributed by atoms with Crippen molar-refractivity contribution in [1.29, 1.82) is 0 Å². The molecular formula is C21H23N3O3. The van der Waals surface area contributed by atoms with Gasteiger partial charge in [-0.25, -0.2) is 0 Å². The first-order valence-electron chi connectivity index (χ1n) is 8.90. The van der Waals surface area contributed by atoms with Crippen molar-refractivity contribution in [3.8, 4) is 0 Å². The summed E-state index contributed by atoms with van der Waals surface area (Å²) in [5.41, 5.74) is 4.22. The van der Waals surface area contributed by atoms with Crippen LogP contribution in [-0.2, 0) is 14.4 Å². The molecule has 140 valence electrons. The van der Waals surface area contributed by atoms with Gasteiger partial charge in [0.05, 0.1) is 11.8 Å². The molecular weight excluding hydrogens is 342 g/mol. The monoisotopic (exact) mass is 365 g/mol. The fourth-order valence-corrected chi connectivity index (χ4v) is 3.03. The van der Waals surface area contributed by atoms with Crippen LogP contribution in [0.15, 0.2) is 42.5 Å². The predicted molar refractivity (Wildman–Crippen MR) is 106 cm³/mol. The van der Waals surface area contributed by atoms with Gasteiger partial charge in [-0.1, -0.05) is 17.7 Å². The molecule has 2 atom stereocenters. The lowest BCUT2D eigenvalue weighted by Crippen LogP contribution is -2.21. The number of hydrogen-bond acceptors (Lipinski definition) is 3. The van der Waals surface area contributed by atoms with Crippen LogP contribution in [0.1, 0.15) is 24.5 Å². The number of carbonyl (C=O) groups is 3. The van der Waals surface area contributed by atoms with Gasteiger partial charge in [0.15, 0.2) is 0 Å². The smallest absolute Gasteiger partial charge is 0.228 e. The van der Waals surface area contributed by atoms with Crippen LogP contribution in [0.4, 0.5) is 17.1 Å². The van der Waals surface area contributed by atoms with Gasteiger partial charge in [-0.05, 0) is 56.2 Å². The number of hydrogen-bond donors (Lipinski definition) is 3. The maximum absolute atomic E-state index is 12.4. The number of aryl methyl sites for hydroxylation is 2. The van der Waals surface area contributed by atoms with E-state index in [1.165, 1.54) is 6.92 Å². The lowest BCUT2D eigenvalue weighted by Gasteiger charge is -2.09. The molecule has 0 aromatic heterocycles.